The standard InChI is InChI=1S/C23H33N7O6S/c1-15-8-10-29(19(12-15)22(31)32)14-18(6-4-9-25-23(24)27-30(33)34)28-37(35,36)20-7-3-5-17-11-16(2)13-26-21(17)20/h3,5,7,11,13,15,18-19,28H,4,6,8-10,12,14H2,1-2H3,(H,31,32)(H3,24,25,27)/t15?,18-,19?/m1/s1. The summed E-state index contributed by atoms with van der Waals surface area (Å²) in [5, 5.41) is 20.1. The van der Waals surface area contributed by atoms with Crippen molar-refractivity contribution in [3.8, 4) is 0 Å². The van der Waals surface area contributed by atoms with Crippen LogP contribution in [0.15, 0.2) is 40.4 Å². The summed E-state index contributed by atoms with van der Waals surface area (Å²) in [6.45, 7) is 4.72. The summed E-state index contributed by atoms with van der Waals surface area (Å²) in [6, 6.07) is 5.43. The number of fused-ring (bicyclic) bond motifs is 1. The van der Waals surface area contributed by atoms with E-state index in [4.69, 9.17) is 5.73 Å². The van der Waals surface area contributed by atoms with Gasteiger partial charge in [0.25, 0.3) is 5.96 Å². The molecule has 202 valence electrons. The first-order chi connectivity index (χ1) is 17.5. The van der Waals surface area contributed by atoms with Crippen molar-refractivity contribution in [2.45, 2.75) is 56.5 Å². The number of benzene rings is 1. The minimum Gasteiger partial charge on any atom is -0.480 e. The Balaban J connectivity index is 1.83. The third-order valence-electron chi connectivity index (χ3n) is 6.34. The van der Waals surface area contributed by atoms with E-state index in [-0.39, 0.29) is 29.9 Å². The molecular formula is C23H33N7O6S. The average molecular weight is 536 g/mol. The second-order valence-corrected chi connectivity index (χ2v) is 11.1. The minimum atomic E-state index is -4.02. The molecule has 0 radical (unpaired) electrons. The predicted molar refractivity (Wildman–Crippen MR) is 138 cm³/mol. The number of nitro groups is 1. The number of sulfonamides is 1. The number of rotatable bonds is 11. The van der Waals surface area contributed by atoms with Gasteiger partial charge in [-0.2, -0.15) is 0 Å². The van der Waals surface area contributed by atoms with E-state index >= 15 is 0 Å². The Morgan fingerprint density at radius 2 is 2.19 bits per heavy atom. The van der Waals surface area contributed by atoms with E-state index in [9.17, 15) is 28.4 Å². The number of nitrogens with zero attached hydrogens (tertiary/aromatic N) is 4. The van der Waals surface area contributed by atoms with E-state index in [0.717, 1.165) is 12.0 Å². The lowest BCUT2D eigenvalue weighted by molar-refractivity contribution is -0.525. The van der Waals surface area contributed by atoms with Crippen LogP contribution in [0.2, 0.25) is 0 Å². The van der Waals surface area contributed by atoms with Crippen molar-refractivity contribution in [3.05, 3.63) is 46.1 Å². The number of carbonyl (C=O) groups is 1. The molecule has 2 unspecified atom stereocenters. The summed E-state index contributed by atoms with van der Waals surface area (Å²) in [5.41, 5.74) is 8.46. The van der Waals surface area contributed by atoms with Crippen molar-refractivity contribution in [1.82, 2.24) is 20.0 Å². The molecule has 1 aromatic carbocycles. The molecular weight excluding hydrogens is 502 g/mol. The zero-order valence-electron chi connectivity index (χ0n) is 20.8. The topological polar surface area (TPSA) is 193 Å². The maximum Gasteiger partial charge on any atom is 0.320 e. The van der Waals surface area contributed by atoms with E-state index in [2.05, 4.69) is 14.7 Å². The number of piperidine rings is 1. The lowest BCUT2D eigenvalue weighted by Crippen LogP contribution is -2.52. The fraction of sp³-hybridized carbons (Fsp3) is 0.522. The van der Waals surface area contributed by atoms with Gasteiger partial charge in [0.05, 0.1) is 5.52 Å². The zero-order chi connectivity index (χ0) is 27.2. The van der Waals surface area contributed by atoms with Crippen molar-refractivity contribution in [3.63, 3.8) is 0 Å². The molecule has 1 aromatic heterocycles. The monoisotopic (exact) mass is 535 g/mol. The number of hydrazine groups is 1. The highest BCUT2D eigenvalue weighted by molar-refractivity contribution is 7.89. The zero-order valence-corrected chi connectivity index (χ0v) is 21.6. The molecule has 1 fully saturated rings. The number of aliphatic imine (C=N–C) groups is 1. The summed E-state index contributed by atoms with van der Waals surface area (Å²) < 4.78 is 29.7. The van der Waals surface area contributed by atoms with Gasteiger partial charge in [0.1, 0.15) is 10.9 Å². The molecule has 0 amide bonds. The number of nitrogens with two attached hydrogens (primary N) is 1. The normalized spacial score (nSPS) is 20.0. The number of likely N-dealkylation sites (tertiary alicyclic amines) is 1. The van der Waals surface area contributed by atoms with Crippen LogP contribution in [0.1, 0.15) is 38.2 Å². The molecule has 0 saturated carbocycles. The van der Waals surface area contributed by atoms with Gasteiger partial charge in [0.2, 0.25) is 10.0 Å². The van der Waals surface area contributed by atoms with Crippen LogP contribution in [0.4, 0.5) is 0 Å². The predicted octanol–water partition coefficient (Wildman–Crippen LogP) is 1.25. The molecule has 2 aromatic rings. The average Bonchev–Trinajstić information content (AvgIpc) is 2.81. The maximum absolute atomic E-state index is 13.5. The Bertz CT molecular complexity index is 1270. The van der Waals surface area contributed by atoms with Gasteiger partial charge in [0, 0.05) is 30.7 Å². The van der Waals surface area contributed by atoms with Crippen LogP contribution in [-0.2, 0) is 14.8 Å². The Morgan fingerprint density at radius 1 is 1.43 bits per heavy atom. The van der Waals surface area contributed by atoms with Crippen LogP contribution in [-0.4, -0.2) is 72.1 Å². The molecule has 0 aliphatic carbocycles. The molecule has 2 heterocycles. The van der Waals surface area contributed by atoms with Crippen LogP contribution in [0, 0.1) is 23.0 Å². The first-order valence-electron chi connectivity index (χ1n) is 12.0. The van der Waals surface area contributed by atoms with Crippen molar-refractivity contribution >= 4 is 32.9 Å². The molecule has 3 rings (SSSR count). The summed E-state index contributed by atoms with van der Waals surface area (Å²) in [7, 11) is -4.02. The van der Waals surface area contributed by atoms with Crippen molar-refractivity contribution < 1.29 is 23.4 Å². The van der Waals surface area contributed by atoms with Gasteiger partial charge in [-0.1, -0.05) is 24.5 Å². The summed E-state index contributed by atoms with van der Waals surface area (Å²) >= 11 is 0. The number of carboxylic acids is 1. The number of hydrogen-bond donors (Lipinski definition) is 4. The first-order valence-corrected chi connectivity index (χ1v) is 13.5. The second kappa shape index (κ2) is 12.3. The molecule has 0 spiro atoms. The lowest BCUT2D eigenvalue weighted by atomic mass is 9.92. The number of aromatic nitrogens is 1. The molecule has 3 atom stereocenters. The van der Waals surface area contributed by atoms with Crippen molar-refractivity contribution in [2.24, 2.45) is 16.6 Å². The van der Waals surface area contributed by atoms with Gasteiger partial charge in [-0.15, -0.1) is 0 Å². The number of aliphatic carboxylic acids is 1. The van der Waals surface area contributed by atoms with Crippen LogP contribution in [0.25, 0.3) is 10.9 Å². The number of carboxylic acid groups (broad SMARTS) is 1. The van der Waals surface area contributed by atoms with E-state index in [1.165, 1.54) is 6.07 Å². The molecule has 13 nitrogen and oxygen atoms in total. The van der Waals surface area contributed by atoms with Crippen LogP contribution >= 0.6 is 0 Å². The maximum atomic E-state index is 13.5. The summed E-state index contributed by atoms with van der Waals surface area (Å²) in [4.78, 5) is 32.4. The van der Waals surface area contributed by atoms with Gasteiger partial charge in [0.15, 0.2) is 5.03 Å². The van der Waals surface area contributed by atoms with Gasteiger partial charge >= 0.3 is 5.97 Å². The van der Waals surface area contributed by atoms with E-state index < -0.39 is 33.1 Å². The molecule has 14 heteroatoms. The lowest BCUT2D eigenvalue weighted by Gasteiger charge is -2.38. The van der Waals surface area contributed by atoms with Crippen molar-refractivity contribution in [1.29, 1.82) is 0 Å². The fourth-order valence-electron chi connectivity index (χ4n) is 4.54. The Morgan fingerprint density at radius 3 is 2.89 bits per heavy atom. The molecule has 1 saturated heterocycles. The number of aryl methyl sites for hydroxylation is 1. The van der Waals surface area contributed by atoms with Gasteiger partial charge in [-0.3, -0.25) is 14.7 Å². The van der Waals surface area contributed by atoms with E-state index in [1.54, 1.807) is 28.7 Å². The number of para-hydroxylation sites is 1. The molecule has 0 bridgehead atoms. The van der Waals surface area contributed by atoms with Gasteiger partial charge < -0.3 is 10.8 Å². The molecule has 1 aliphatic rings. The number of nitrogens with one attached hydrogen (secondary N) is 2. The highest BCUT2D eigenvalue weighted by Crippen LogP contribution is 2.25. The first kappa shape index (κ1) is 28.2. The Labute approximate surface area is 215 Å². The second-order valence-electron chi connectivity index (χ2n) is 9.42. The smallest absolute Gasteiger partial charge is 0.320 e. The van der Waals surface area contributed by atoms with Crippen LogP contribution in [0.3, 0.4) is 0 Å². The quantitative estimate of drug-likeness (QED) is 0.107. The third-order valence-corrected chi connectivity index (χ3v) is 7.89. The van der Waals surface area contributed by atoms with E-state index in [1.807, 2.05) is 19.9 Å². The van der Waals surface area contributed by atoms with Gasteiger partial charge in [-0.05, 0) is 62.8 Å². The minimum absolute atomic E-state index is 0.0366. The third kappa shape index (κ3) is 7.81. The van der Waals surface area contributed by atoms with Crippen molar-refractivity contribution in [2.75, 3.05) is 19.6 Å². The number of hydrogen-bond acceptors (Lipinski definition) is 8. The van der Waals surface area contributed by atoms with Gasteiger partial charge in [-0.25, -0.2) is 28.2 Å². The number of pyridine rings is 1. The molecule has 37 heavy (non-hydrogen) atoms. The summed E-state index contributed by atoms with van der Waals surface area (Å²) in [6.07, 6.45) is 3.57. The largest absolute Gasteiger partial charge is 0.480 e. The Hall–Kier alpha value is -3.36. The SMILES string of the molecule is Cc1cnc2c(S(=O)(=O)N[C@H](CCCN=C(N)N[N+](=O)[O-])CN3CCC(C)CC3C(=O)O)cccc2c1. The highest BCUT2D eigenvalue weighted by Gasteiger charge is 2.34. The number of guanidine groups is 1. The van der Waals surface area contributed by atoms with E-state index in [0.29, 0.717) is 36.7 Å². The summed E-state index contributed by atoms with van der Waals surface area (Å²) in [5.74, 6) is -1.04. The molecule has 5 N–H and O–H groups in total. The molecule has 1 aliphatic heterocycles. The van der Waals surface area contributed by atoms with Crippen LogP contribution < -0.4 is 15.9 Å². The fourth-order valence-corrected chi connectivity index (χ4v) is 5.99. The Kier molecular flexibility index (Phi) is 9.34. The highest BCUT2D eigenvalue weighted by atomic mass is 32.2. The van der Waals surface area contributed by atoms with Crippen LogP contribution in [0.5, 0.6) is 0 Å².